The topological polar surface area (TPSA) is 39.7 Å². The van der Waals surface area contributed by atoms with Gasteiger partial charge in [-0.1, -0.05) is 11.6 Å². The summed E-state index contributed by atoms with van der Waals surface area (Å²) < 4.78 is 46.2. The average molecular weight is 298 g/mol. The highest BCUT2D eigenvalue weighted by atomic mass is 35.5. The highest BCUT2D eigenvalue weighted by molar-refractivity contribution is 6.32. The zero-order chi connectivity index (χ0) is 13.9. The number of alkyl halides is 3. The van der Waals surface area contributed by atoms with Gasteiger partial charge in [0.15, 0.2) is 18.1 Å². The van der Waals surface area contributed by atoms with Crippen LogP contribution in [0, 0.1) is 0 Å². The Morgan fingerprint density at radius 3 is 2.74 bits per heavy atom. The van der Waals surface area contributed by atoms with Gasteiger partial charge in [0.2, 0.25) is 0 Å². The molecule has 0 amide bonds. The van der Waals surface area contributed by atoms with Crippen LogP contribution in [0.4, 0.5) is 13.2 Å². The molecule has 0 aromatic heterocycles. The molecular weight excluding hydrogens is 287 g/mol. The predicted octanol–water partition coefficient (Wildman–Crippen LogP) is 2.69. The fourth-order valence-corrected chi connectivity index (χ4v) is 1.82. The summed E-state index contributed by atoms with van der Waals surface area (Å²) in [6, 6.07) is 3.23. The maximum atomic E-state index is 11.8. The summed E-state index contributed by atoms with van der Waals surface area (Å²) in [7, 11) is 0. The molecule has 0 bridgehead atoms. The quantitative estimate of drug-likeness (QED) is 0.685. The molecule has 106 valence electrons. The fraction of sp³-hybridized carbons (Fsp3) is 0.455. The summed E-state index contributed by atoms with van der Waals surface area (Å²) in [4.78, 5) is 4.30. The van der Waals surface area contributed by atoms with Crippen molar-refractivity contribution in [1.29, 1.82) is 0 Å². The molecule has 4 nitrogen and oxygen atoms in total. The van der Waals surface area contributed by atoms with Crippen LogP contribution in [0.3, 0.4) is 0 Å². The van der Waals surface area contributed by atoms with Gasteiger partial charge < -0.3 is 9.47 Å². The number of hydroxylamine groups is 1. The minimum absolute atomic E-state index is 0.0758. The van der Waals surface area contributed by atoms with Crippen molar-refractivity contribution >= 4 is 11.6 Å². The summed E-state index contributed by atoms with van der Waals surface area (Å²) >= 11 is 5.98. The molecule has 8 heteroatoms. The van der Waals surface area contributed by atoms with Crippen LogP contribution in [0.1, 0.15) is 5.56 Å². The van der Waals surface area contributed by atoms with Gasteiger partial charge in [-0.05, 0) is 17.7 Å². The Morgan fingerprint density at radius 1 is 1.26 bits per heavy atom. The van der Waals surface area contributed by atoms with Crippen LogP contribution < -0.4 is 15.0 Å². The van der Waals surface area contributed by atoms with E-state index in [2.05, 4.69) is 10.3 Å². The van der Waals surface area contributed by atoms with Crippen molar-refractivity contribution in [2.75, 3.05) is 19.8 Å². The Hall–Kier alpha value is -1.18. The average Bonchev–Trinajstić information content (AvgIpc) is 2.34. The smallest absolute Gasteiger partial charge is 0.413 e. The Kier molecular flexibility index (Phi) is 4.38. The third-order valence-corrected chi connectivity index (χ3v) is 2.55. The number of nitrogens with one attached hydrogen (secondary N) is 1. The summed E-state index contributed by atoms with van der Waals surface area (Å²) in [5.74, 6) is 0.930. The van der Waals surface area contributed by atoms with E-state index >= 15 is 0 Å². The number of rotatable bonds is 4. The van der Waals surface area contributed by atoms with Gasteiger partial charge in [0, 0.05) is 6.54 Å². The van der Waals surface area contributed by atoms with Crippen LogP contribution >= 0.6 is 11.6 Å². The van der Waals surface area contributed by atoms with Crippen molar-refractivity contribution in [1.82, 2.24) is 5.48 Å². The van der Waals surface area contributed by atoms with E-state index in [-0.39, 0.29) is 6.54 Å². The lowest BCUT2D eigenvalue weighted by Gasteiger charge is -2.20. The summed E-state index contributed by atoms with van der Waals surface area (Å²) in [6.45, 7) is -0.457. The molecule has 0 saturated heterocycles. The lowest BCUT2D eigenvalue weighted by atomic mass is 10.2. The molecule has 1 aromatic carbocycles. The van der Waals surface area contributed by atoms with Gasteiger partial charge in [-0.3, -0.25) is 4.84 Å². The normalized spacial score (nSPS) is 14.5. The minimum atomic E-state index is -4.36. The minimum Gasteiger partial charge on any atom is -0.486 e. The monoisotopic (exact) mass is 297 g/mol. The first-order valence-electron chi connectivity index (χ1n) is 5.45. The van der Waals surface area contributed by atoms with Crippen LogP contribution in [-0.4, -0.2) is 26.0 Å². The van der Waals surface area contributed by atoms with E-state index in [1.54, 1.807) is 12.1 Å². The number of halogens is 4. The van der Waals surface area contributed by atoms with Gasteiger partial charge in [-0.25, -0.2) is 0 Å². The van der Waals surface area contributed by atoms with Gasteiger partial charge in [-0.15, -0.1) is 0 Å². The van der Waals surface area contributed by atoms with Crippen molar-refractivity contribution in [2.45, 2.75) is 12.7 Å². The largest absolute Gasteiger partial charge is 0.486 e. The number of hydrogen-bond donors (Lipinski definition) is 1. The standard InChI is InChI=1S/C11H11ClF3NO3/c12-8-3-7(5-16-19-6-11(13,14)15)4-9-10(8)18-2-1-17-9/h3-4,16H,1-2,5-6H2. The fourth-order valence-electron chi connectivity index (χ4n) is 1.53. The SMILES string of the molecule is FC(F)(F)CONCc1cc(Cl)c2c(c1)OCCO2. The molecule has 0 radical (unpaired) electrons. The molecule has 0 saturated carbocycles. The van der Waals surface area contributed by atoms with E-state index in [1.807, 2.05) is 0 Å². The molecule has 0 spiro atoms. The van der Waals surface area contributed by atoms with Crippen molar-refractivity contribution in [3.63, 3.8) is 0 Å². The molecule has 1 aliphatic rings. The van der Waals surface area contributed by atoms with Crippen LogP contribution in [0.25, 0.3) is 0 Å². The molecular formula is C11H11ClF3NO3. The second kappa shape index (κ2) is 5.85. The molecule has 0 fully saturated rings. The molecule has 1 aliphatic heterocycles. The Labute approximate surface area is 112 Å². The van der Waals surface area contributed by atoms with Gasteiger partial charge in [-0.2, -0.15) is 18.7 Å². The van der Waals surface area contributed by atoms with E-state index in [1.165, 1.54) is 0 Å². The maximum Gasteiger partial charge on any atom is 0.413 e. The predicted molar refractivity (Wildman–Crippen MR) is 61.3 cm³/mol. The van der Waals surface area contributed by atoms with E-state index in [9.17, 15) is 13.2 Å². The molecule has 0 aliphatic carbocycles. The third-order valence-electron chi connectivity index (χ3n) is 2.27. The Balaban J connectivity index is 1.92. The molecule has 0 unspecified atom stereocenters. The lowest BCUT2D eigenvalue weighted by Crippen LogP contribution is -2.24. The molecule has 1 N–H and O–H groups in total. The van der Waals surface area contributed by atoms with Crippen LogP contribution in [-0.2, 0) is 11.4 Å². The van der Waals surface area contributed by atoms with Gasteiger partial charge in [0.1, 0.15) is 13.2 Å². The molecule has 1 aromatic rings. The zero-order valence-corrected chi connectivity index (χ0v) is 10.5. The second-order valence-electron chi connectivity index (χ2n) is 3.83. The van der Waals surface area contributed by atoms with Crippen molar-refractivity contribution in [3.8, 4) is 11.5 Å². The summed E-state index contributed by atoms with van der Waals surface area (Å²) in [5, 5.41) is 0.352. The van der Waals surface area contributed by atoms with Crippen molar-refractivity contribution < 1.29 is 27.5 Å². The van der Waals surface area contributed by atoms with Crippen molar-refractivity contribution in [3.05, 3.63) is 22.7 Å². The van der Waals surface area contributed by atoms with Crippen LogP contribution in [0.5, 0.6) is 11.5 Å². The van der Waals surface area contributed by atoms with Crippen LogP contribution in [0.15, 0.2) is 12.1 Å². The van der Waals surface area contributed by atoms with Crippen LogP contribution in [0.2, 0.25) is 5.02 Å². The maximum absolute atomic E-state index is 11.8. The number of ether oxygens (including phenoxy) is 2. The molecule has 0 atom stereocenters. The molecule has 1 heterocycles. The molecule has 2 rings (SSSR count). The number of fused-ring (bicyclic) bond motifs is 1. The van der Waals surface area contributed by atoms with E-state index < -0.39 is 12.8 Å². The second-order valence-corrected chi connectivity index (χ2v) is 4.23. The molecule has 19 heavy (non-hydrogen) atoms. The summed E-state index contributed by atoms with van der Waals surface area (Å²) in [5.41, 5.74) is 2.85. The summed E-state index contributed by atoms with van der Waals surface area (Å²) in [6.07, 6.45) is -4.36. The first-order chi connectivity index (χ1) is 8.96. The van der Waals surface area contributed by atoms with E-state index in [0.29, 0.717) is 35.3 Å². The number of hydrogen-bond acceptors (Lipinski definition) is 4. The highest BCUT2D eigenvalue weighted by Gasteiger charge is 2.27. The van der Waals surface area contributed by atoms with Crippen molar-refractivity contribution in [2.24, 2.45) is 0 Å². The Morgan fingerprint density at radius 2 is 2.00 bits per heavy atom. The first-order valence-corrected chi connectivity index (χ1v) is 5.83. The third kappa shape index (κ3) is 4.15. The van der Waals surface area contributed by atoms with Gasteiger partial charge >= 0.3 is 6.18 Å². The van der Waals surface area contributed by atoms with E-state index in [0.717, 1.165) is 0 Å². The zero-order valence-electron chi connectivity index (χ0n) is 9.72. The Bertz CT molecular complexity index is 454. The highest BCUT2D eigenvalue weighted by Crippen LogP contribution is 2.38. The van der Waals surface area contributed by atoms with E-state index in [4.69, 9.17) is 21.1 Å². The number of benzene rings is 1. The van der Waals surface area contributed by atoms with Gasteiger partial charge in [0.05, 0.1) is 5.02 Å². The lowest BCUT2D eigenvalue weighted by molar-refractivity contribution is -0.190. The first kappa shape index (κ1) is 14.2. The van der Waals surface area contributed by atoms with Gasteiger partial charge in [0.25, 0.3) is 0 Å².